The summed E-state index contributed by atoms with van der Waals surface area (Å²) in [6, 6.07) is -0.216. The molecule has 0 bridgehead atoms. The topological polar surface area (TPSA) is 50.4 Å². The van der Waals surface area contributed by atoms with Gasteiger partial charge in [-0.25, -0.2) is 0 Å². The number of carbonyl (C=O) groups is 1. The van der Waals surface area contributed by atoms with Crippen molar-refractivity contribution in [1.29, 1.82) is 0 Å². The van der Waals surface area contributed by atoms with Crippen molar-refractivity contribution in [1.82, 2.24) is 10.6 Å². The van der Waals surface area contributed by atoms with E-state index < -0.39 is 12.8 Å². The van der Waals surface area contributed by atoms with Gasteiger partial charge in [0.2, 0.25) is 5.91 Å². The van der Waals surface area contributed by atoms with Crippen LogP contribution in [-0.4, -0.2) is 44.4 Å². The largest absolute Gasteiger partial charge is 0.411 e. The molecule has 1 unspecified atom stereocenters. The van der Waals surface area contributed by atoms with E-state index in [1.807, 2.05) is 0 Å². The maximum absolute atomic E-state index is 11.7. The number of amides is 1. The highest BCUT2D eigenvalue weighted by Gasteiger charge is 2.27. The van der Waals surface area contributed by atoms with Crippen LogP contribution in [-0.2, 0) is 9.53 Å². The first-order chi connectivity index (χ1) is 7.99. The molecule has 2 N–H and O–H groups in total. The van der Waals surface area contributed by atoms with E-state index in [4.69, 9.17) is 0 Å². The van der Waals surface area contributed by atoms with Crippen molar-refractivity contribution in [2.45, 2.75) is 31.5 Å². The fourth-order valence-corrected chi connectivity index (χ4v) is 1.61. The first-order valence-corrected chi connectivity index (χ1v) is 5.64. The monoisotopic (exact) mass is 254 g/mol. The van der Waals surface area contributed by atoms with Crippen molar-refractivity contribution >= 4 is 5.91 Å². The van der Waals surface area contributed by atoms with Crippen LogP contribution in [0.3, 0.4) is 0 Å². The van der Waals surface area contributed by atoms with Gasteiger partial charge >= 0.3 is 6.18 Å². The Labute approximate surface area is 97.9 Å². The Kier molecular flexibility index (Phi) is 5.70. The molecule has 1 heterocycles. The van der Waals surface area contributed by atoms with Crippen molar-refractivity contribution in [2.24, 2.45) is 0 Å². The van der Waals surface area contributed by atoms with Gasteiger partial charge in [-0.1, -0.05) is 0 Å². The lowest BCUT2D eigenvalue weighted by atomic mass is 10.1. The maximum atomic E-state index is 11.7. The Morgan fingerprint density at radius 2 is 2.24 bits per heavy atom. The Balaban J connectivity index is 1.98. The number of rotatable bonds is 6. The molecule has 1 atom stereocenters. The van der Waals surface area contributed by atoms with E-state index in [1.54, 1.807) is 0 Å². The van der Waals surface area contributed by atoms with Crippen molar-refractivity contribution in [2.75, 3.05) is 26.3 Å². The molecule has 0 aromatic carbocycles. The lowest BCUT2D eigenvalue weighted by Gasteiger charge is -2.22. The molecule has 1 amide bonds. The summed E-state index contributed by atoms with van der Waals surface area (Å²) >= 11 is 0. The normalized spacial score (nSPS) is 21.4. The third-order valence-electron chi connectivity index (χ3n) is 2.41. The second kappa shape index (κ2) is 6.80. The highest BCUT2D eigenvalue weighted by Crippen LogP contribution is 2.14. The van der Waals surface area contributed by atoms with E-state index in [0.29, 0.717) is 19.5 Å². The Morgan fingerprint density at radius 3 is 2.88 bits per heavy atom. The number of carbonyl (C=O) groups excluding carboxylic acids is 1. The first kappa shape index (κ1) is 14.2. The quantitative estimate of drug-likeness (QED) is 0.690. The molecule has 0 radical (unpaired) electrons. The van der Waals surface area contributed by atoms with Gasteiger partial charge in [-0.2, -0.15) is 13.2 Å². The van der Waals surface area contributed by atoms with Crippen molar-refractivity contribution < 1.29 is 22.7 Å². The van der Waals surface area contributed by atoms with Gasteiger partial charge in [-0.3, -0.25) is 4.79 Å². The highest BCUT2D eigenvalue weighted by atomic mass is 19.4. The molecule has 0 aliphatic carbocycles. The minimum Gasteiger partial charge on any atom is -0.372 e. The highest BCUT2D eigenvalue weighted by molar-refractivity contribution is 5.82. The summed E-state index contributed by atoms with van der Waals surface area (Å²) in [7, 11) is 0. The summed E-state index contributed by atoms with van der Waals surface area (Å²) in [5.41, 5.74) is 0. The van der Waals surface area contributed by atoms with Crippen LogP contribution in [0.4, 0.5) is 13.2 Å². The van der Waals surface area contributed by atoms with E-state index in [9.17, 15) is 18.0 Å². The Bertz CT molecular complexity index is 246. The predicted octanol–water partition coefficient (Wildman–Crippen LogP) is 0.824. The third-order valence-corrected chi connectivity index (χ3v) is 2.41. The number of ether oxygens (including phenoxy) is 1. The van der Waals surface area contributed by atoms with Crippen LogP contribution in [0.25, 0.3) is 0 Å². The fraction of sp³-hybridized carbons (Fsp3) is 0.900. The standard InChI is InChI=1S/C10H17F3N2O2/c11-10(12,13)7-17-6-2-5-14-8-3-1-4-15-9(8)16/h8,14H,1-7H2,(H,15,16). The van der Waals surface area contributed by atoms with Crippen LogP contribution in [0.5, 0.6) is 0 Å². The zero-order valence-corrected chi connectivity index (χ0v) is 9.48. The average molecular weight is 254 g/mol. The molecule has 1 saturated heterocycles. The van der Waals surface area contributed by atoms with Crippen LogP contribution in [0, 0.1) is 0 Å². The Morgan fingerprint density at radius 1 is 1.47 bits per heavy atom. The molecule has 1 aliphatic heterocycles. The third kappa shape index (κ3) is 6.48. The summed E-state index contributed by atoms with van der Waals surface area (Å²) in [5, 5.41) is 5.72. The lowest BCUT2D eigenvalue weighted by molar-refractivity contribution is -0.173. The molecule has 0 saturated carbocycles. The minimum absolute atomic E-state index is 0.0348. The minimum atomic E-state index is -4.27. The average Bonchev–Trinajstić information content (AvgIpc) is 2.24. The molecular formula is C10H17F3N2O2. The molecule has 100 valence electrons. The van der Waals surface area contributed by atoms with Gasteiger partial charge in [0, 0.05) is 13.2 Å². The number of halogens is 3. The van der Waals surface area contributed by atoms with E-state index in [0.717, 1.165) is 12.8 Å². The molecule has 0 aromatic rings. The molecule has 4 nitrogen and oxygen atoms in total. The van der Waals surface area contributed by atoms with Crippen molar-refractivity contribution in [3.8, 4) is 0 Å². The van der Waals surface area contributed by atoms with Crippen LogP contribution >= 0.6 is 0 Å². The van der Waals surface area contributed by atoms with Crippen LogP contribution in [0.15, 0.2) is 0 Å². The second-order valence-electron chi connectivity index (χ2n) is 3.96. The number of hydrogen-bond acceptors (Lipinski definition) is 3. The molecule has 7 heteroatoms. The van der Waals surface area contributed by atoms with E-state index in [1.165, 1.54) is 0 Å². The molecule has 1 fully saturated rings. The lowest BCUT2D eigenvalue weighted by Crippen LogP contribution is -2.48. The zero-order chi connectivity index (χ0) is 12.7. The molecule has 0 aromatic heterocycles. The molecule has 0 spiro atoms. The van der Waals surface area contributed by atoms with Gasteiger partial charge in [0.15, 0.2) is 0 Å². The maximum Gasteiger partial charge on any atom is 0.411 e. The summed E-state index contributed by atoms with van der Waals surface area (Å²) in [6.07, 6.45) is -2.11. The SMILES string of the molecule is O=C1NCCCC1NCCCOCC(F)(F)F. The van der Waals surface area contributed by atoms with Crippen molar-refractivity contribution in [3.63, 3.8) is 0 Å². The van der Waals surface area contributed by atoms with Gasteiger partial charge in [-0.15, -0.1) is 0 Å². The Hall–Kier alpha value is -0.820. The molecular weight excluding hydrogens is 237 g/mol. The van der Waals surface area contributed by atoms with Crippen LogP contribution < -0.4 is 10.6 Å². The fourth-order valence-electron chi connectivity index (χ4n) is 1.61. The van der Waals surface area contributed by atoms with Gasteiger partial charge in [0.05, 0.1) is 6.04 Å². The number of alkyl halides is 3. The molecule has 1 aliphatic rings. The summed E-state index contributed by atoms with van der Waals surface area (Å²) in [5.74, 6) is -0.0348. The van der Waals surface area contributed by atoms with Gasteiger partial charge in [-0.05, 0) is 25.8 Å². The predicted molar refractivity (Wildman–Crippen MR) is 55.5 cm³/mol. The number of hydrogen-bond donors (Lipinski definition) is 2. The van der Waals surface area contributed by atoms with Gasteiger partial charge in [0.25, 0.3) is 0 Å². The summed E-state index contributed by atoms with van der Waals surface area (Å²) in [6.45, 7) is 0.0133. The summed E-state index contributed by atoms with van der Waals surface area (Å²) < 4.78 is 39.6. The number of piperidine rings is 1. The number of nitrogens with one attached hydrogen (secondary N) is 2. The van der Waals surface area contributed by atoms with Crippen LogP contribution in [0.2, 0.25) is 0 Å². The van der Waals surface area contributed by atoms with Gasteiger partial charge in [0.1, 0.15) is 6.61 Å². The van der Waals surface area contributed by atoms with E-state index in [-0.39, 0.29) is 18.6 Å². The van der Waals surface area contributed by atoms with E-state index >= 15 is 0 Å². The van der Waals surface area contributed by atoms with Gasteiger partial charge < -0.3 is 15.4 Å². The van der Waals surface area contributed by atoms with Crippen molar-refractivity contribution in [3.05, 3.63) is 0 Å². The van der Waals surface area contributed by atoms with Crippen LogP contribution in [0.1, 0.15) is 19.3 Å². The zero-order valence-electron chi connectivity index (χ0n) is 9.48. The molecule has 1 rings (SSSR count). The first-order valence-electron chi connectivity index (χ1n) is 5.64. The summed E-state index contributed by atoms with van der Waals surface area (Å²) in [4.78, 5) is 11.3. The van der Waals surface area contributed by atoms with E-state index in [2.05, 4.69) is 15.4 Å². The second-order valence-corrected chi connectivity index (χ2v) is 3.96. The smallest absolute Gasteiger partial charge is 0.372 e. The molecule has 17 heavy (non-hydrogen) atoms.